The minimum atomic E-state index is -0.979. The van der Waals surface area contributed by atoms with Crippen molar-refractivity contribution in [1.29, 1.82) is 0 Å². The Kier molecular flexibility index (Phi) is 4.69. The standard InChI is InChI=1S/C13H13FN4O4/c14-9-3-1-2-4-10(9)18-12(21)8(7-16-15-5-6-19)11(20)17-13(18)22/h1-4,7,15,19,21H,5-6H2,(H,17,20,22)/b16-7+. The van der Waals surface area contributed by atoms with Gasteiger partial charge in [0.1, 0.15) is 11.4 Å². The lowest BCUT2D eigenvalue weighted by Crippen LogP contribution is -2.32. The molecule has 0 fully saturated rings. The Hall–Kier alpha value is -2.94. The molecule has 1 aromatic heterocycles. The SMILES string of the molecule is O=c1[nH]c(=O)n(-c2ccccc2F)c(O)c1/C=N/NCCO. The van der Waals surface area contributed by atoms with Crippen LogP contribution in [0.3, 0.4) is 0 Å². The van der Waals surface area contributed by atoms with E-state index in [2.05, 4.69) is 10.5 Å². The van der Waals surface area contributed by atoms with E-state index < -0.39 is 22.9 Å². The van der Waals surface area contributed by atoms with Crippen molar-refractivity contribution in [3.63, 3.8) is 0 Å². The molecule has 0 aliphatic carbocycles. The molecule has 0 unspecified atom stereocenters. The van der Waals surface area contributed by atoms with Crippen molar-refractivity contribution < 1.29 is 14.6 Å². The predicted molar refractivity (Wildman–Crippen MR) is 77.0 cm³/mol. The van der Waals surface area contributed by atoms with Crippen molar-refractivity contribution in [2.75, 3.05) is 13.2 Å². The van der Waals surface area contributed by atoms with Gasteiger partial charge in [-0.25, -0.2) is 13.8 Å². The summed E-state index contributed by atoms with van der Waals surface area (Å²) in [5, 5.41) is 22.3. The fourth-order valence-electron chi connectivity index (χ4n) is 1.74. The van der Waals surface area contributed by atoms with Gasteiger partial charge in [0.05, 0.1) is 25.1 Å². The summed E-state index contributed by atoms with van der Waals surface area (Å²) in [4.78, 5) is 25.5. The third kappa shape index (κ3) is 3.04. The number of nitrogens with zero attached hydrogens (tertiary/aromatic N) is 2. The van der Waals surface area contributed by atoms with Crippen molar-refractivity contribution in [3.8, 4) is 11.6 Å². The highest BCUT2D eigenvalue weighted by atomic mass is 19.1. The molecule has 0 radical (unpaired) electrons. The van der Waals surface area contributed by atoms with E-state index in [0.717, 1.165) is 12.3 Å². The number of hydrazone groups is 1. The Morgan fingerprint density at radius 3 is 2.77 bits per heavy atom. The number of aromatic amines is 1. The first-order valence-electron chi connectivity index (χ1n) is 6.26. The molecule has 0 amide bonds. The summed E-state index contributed by atoms with van der Waals surface area (Å²) in [6, 6.07) is 5.29. The Labute approximate surface area is 123 Å². The van der Waals surface area contributed by atoms with Crippen LogP contribution in [-0.4, -0.2) is 39.1 Å². The molecule has 1 aromatic carbocycles. The Morgan fingerprint density at radius 1 is 1.36 bits per heavy atom. The summed E-state index contributed by atoms with van der Waals surface area (Å²) in [6.45, 7) is -0.0312. The van der Waals surface area contributed by atoms with Crippen molar-refractivity contribution in [2.45, 2.75) is 0 Å². The lowest BCUT2D eigenvalue weighted by Gasteiger charge is -2.10. The number of nitrogens with one attached hydrogen (secondary N) is 2. The first kappa shape index (κ1) is 15.4. The number of aromatic hydroxyl groups is 1. The largest absolute Gasteiger partial charge is 0.493 e. The van der Waals surface area contributed by atoms with Gasteiger partial charge in [-0.15, -0.1) is 0 Å². The highest BCUT2D eigenvalue weighted by molar-refractivity contribution is 5.82. The van der Waals surface area contributed by atoms with Crippen molar-refractivity contribution in [2.24, 2.45) is 5.10 Å². The third-order valence-corrected chi connectivity index (χ3v) is 2.72. The number of aliphatic hydroxyl groups excluding tert-OH is 1. The van der Waals surface area contributed by atoms with Crippen molar-refractivity contribution >= 4 is 6.21 Å². The van der Waals surface area contributed by atoms with Gasteiger partial charge in [-0.3, -0.25) is 9.78 Å². The fraction of sp³-hybridized carbons (Fsp3) is 0.154. The van der Waals surface area contributed by atoms with Gasteiger partial charge in [-0.05, 0) is 12.1 Å². The molecule has 0 bridgehead atoms. The van der Waals surface area contributed by atoms with Crippen LogP contribution in [0.15, 0.2) is 39.0 Å². The van der Waals surface area contributed by atoms with E-state index >= 15 is 0 Å². The summed E-state index contributed by atoms with van der Waals surface area (Å²) in [5.74, 6) is -1.48. The first-order valence-corrected chi connectivity index (χ1v) is 6.26. The maximum Gasteiger partial charge on any atom is 0.335 e. The van der Waals surface area contributed by atoms with E-state index in [-0.39, 0.29) is 24.4 Å². The second kappa shape index (κ2) is 6.68. The van der Waals surface area contributed by atoms with Crippen LogP contribution in [0.1, 0.15) is 5.56 Å². The zero-order chi connectivity index (χ0) is 16.1. The molecule has 9 heteroatoms. The topological polar surface area (TPSA) is 120 Å². The molecule has 0 atom stereocenters. The van der Waals surface area contributed by atoms with Gasteiger partial charge in [0.25, 0.3) is 5.56 Å². The van der Waals surface area contributed by atoms with Crippen LogP contribution in [0.25, 0.3) is 5.69 Å². The summed E-state index contributed by atoms with van der Waals surface area (Å²) in [6.07, 6.45) is 0.973. The lowest BCUT2D eigenvalue weighted by atomic mass is 10.2. The van der Waals surface area contributed by atoms with Crippen LogP contribution in [0.4, 0.5) is 4.39 Å². The molecule has 0 spiro atoms. The molecule has 0 saturated carbocycles. The van der Waals surface area contributed by atoms with Crippen LogP contribution >= 0.6 is 0 Å². The molecule has 1 heterocycles. The van der Waals surface area contributed by atoms with Crippen LogP contribution in [0.2, 0.25) is 0 Å². The number of halogens is 1. The smallest absolute Gasteiger partial charge is 0.335 e. The monoisotopic (exact) mass is 308 g/mol. The molecule has 0 saturated heterocycles. The van der Waals surface area contributed by atoms with Gasteiger partial charge in [0, 0.05) is 0 Å². The number of aromatic nitrogens is 2. The van der Waals surface area contributed by atoms with Crippen molar-refractivity contribution in [3.05, 3.63) is 56.5 Å². The summed E-state index contributed by atoms with van der Waals surface area (Å²) >= 11 is 0. The molecule has 2 aromatic rings. The highest BCUT2D eigenvalue weighted by Crippen LogP contribution is 2.17. The van der Waals surface area contributed by atoms with Gasteiger partial charge >= 0.3 is 5.69 Å². The van der Waals surface area contributed by atoms with Gasteiger partial charge in [-0.2, -0.15) is 5.10 Å². The average Bonchev–Trinajstić information content (AvgIpc) is 2.48. The maximum atomic E-state index is 13.8. The van der Waals surface area contributed by atoms with E-state index in [1.807, 2.05) is 4.98 Å². The van der Waals surface area contributed by atoms with E-state index in [1.165, 1.54) is 18.2 Å². The predicted octanol–water partition coefficient (Wildman–Crippen LogP) is -0.714. The number of para-hydroxylation sites is 1. The highest BCUT2D eigenvalue weighted by Gasteiger charge is 2.16. The van der Waals surface area contributed by atoms with E-state index in [4.69, 9.17) is 5.11 Å². The Balaban J connectivity index is 2.57. The average molecular weight is 308 g/mol. The number of hydrogen-bond acceptors (Lipinski definition) is 6. The summed E-state index contributed by atoms with van der Waals surface area (Å²) in [5.41, 5.74) is 0.0333. The van der Waals surface area contributed by atoms with Gasteiger partial charge in [0.2, 0.25) is 5.88 Å². The zero-order valence-corrected chi connectivity index (χ0v) is 11.3. The number of rotatable bonds is 5. The third-order valence-electron chi connectivity index (χ3n) is 2.72. The number of H-pyrrole nitrogens is 1. The second-order valence-corrected chi connectivity index (χ2v) is 4.17. The van der Waals surface area contributed by atoms with Gasteiger partial charge in [0.15, 0.2) is 0 Å². The van der Waals surface area contributed by atoms with Crippen LogP contribution < -0.4 is 16.7 Å². The lowest BCUT2D eigenvalue weighted by molar-refractivity contribution is 0.294. The van der Waals surface area contributed by atoms with Gasteiger partial charge < -0.3 is 15.6 Å². The molecule has 0 aliphatic heterocycles. The molecule has 116 valence electrons. The van der Waals surface area contributed by atoms with Crippen molar-refractivity contribution in [1.82, 2.24) is 15.0 Å². The normalized spacial score (nSPS) is 11.0. The van der Waals surface area contributed by atoms with Crippen LogP contribution in [0.5, 0.6) is 5.88 Å². The summed E-state index contributed by atoms with van der Waals surface area (Å²) in [7, 11) is 0. The van der Waals surface area contributed by atoms with Gasteiger partial charge in [-0.1, -0.05) is 12.1 Å². The number of aliphatic hydroxyl groups is 1. The molecular formula is C13H13FN4O4. The number of hydrogen-bond donors (Lipinski definition) is 4. The Morgan fingerprint density at radius 2 is 2.09 bits per heavy atom. The molecule has 8 nitrogen and oxygen atoms in total. The fourth-order valence-corrected chi connectivity index (χ4v) is 1.74. The number of benzene rings is 1. The first-order chi connectivity index (χ1) is 10.6. The quantitative estimate of drug-likeness (QED) is 0.330. The second-order valence-electron chi connectivity index (χ2n) is 4.17. The molecule has 22 heavy (non-hydrogen) atoms. The molecule has 2 rings (SSSR count). The molecular weight excluding hydrogens is 295 g/mol. The summed E-state index contributed by atoms with van der Waals surface area (Å²) < 4.78 is 14.4. The zero-order valence-electron chi connectivity index (χ0n) is 11.3. The van der Waals surface area contributed by atoms with E-state index in [0.29, 0.717) is 4.57 Å². The maximum absolute atomic E-state index is 13.8. The van der Waals surface area contributed by atoms with Crippen LogP contribution in [-0.2, 0) is 0 Å². The van der Waals surface area contributed by atoms with E-state index in [1.54, 1.807) is 0 Å². The minimum absolute atomic E-state index is 0.141. The molecule has 4 N–H and O–H groups in total. The minimum Gasteiger partial charge on any atom is -0.493 e. The molecule has 0 aliphatic rings. The van der Waals surface area contributed by atoms with E-state index in [9.17, 15) is 19.1 Å². The van der Waals surface area contributed by atoms with Crippen LogP contribution in [0, 0.1) is 5.82 Å². The Bertz CT molecular complexity index is 812.